The zero-order chi connectivity index (χ0) is 9.42. The van der Waals surface area contributed by atoms with Crippen LogP contribution in [-0.4, -0.2) is 9.97 Å². The van der Waals surface area contributed by atoms with Crippen molar-refractivity contribution in [2.45, 2.75) is 6.92 Å². The number of halogens is 2. The van der Waals surface area contributed by atoms with Gasteiger partial charge in [-0.3, -0.25) is 0 Å². The van der Waals surface area contributed by atoms with Gasteiger partial charge >= 0.3 is 0 Å². The molecule has 0 aliphatic carbocycles. The molecular weight excluding hydrogens is 390 g/mol. The third kappa shape index (κ3) is 1.93. The molecule has 0 unspecified atom stereocenters. The first kappa shape index (κ1) is 9.57. The van der Waals surface area contributed by atoms with Gasteiger partial charge in [0.1, 0.15) is 7.40 Å². The van der Waals surface area contributed by atoms with Gasteiger partial charge in [0.05, 0.1) is 11.0 Å². The molecule has 2 aromatic heterocycles. The van der Waals surface area contributed by atoms with E-state index >= 15 is 0 Å². The molecule has 0 saturated heterocycles. The molecule has 4 heteroatoms. The second kappa shape index (κ2) is 3.64. The molecule has 2 nitrogen and oxygen atoms in total. The summed E-state index contributed by atoms with van der Waals surface area (Å²) in [4.78, 5) is 8.84. The molecular formula is C9H6I2N2. The van der Waals surface area contributed by atoms with Gasteiger partial charge in [0.25, 0.3) is 0 Å². The van der Waals surface area contributed by atoms with Gasteiger partial charge in [-0.2, -0.15) is 0 Å². The standard InChI is InChI=1S/C9H6I2N2/c1-5-4-7-6(13-9(5)11)2-3-8(10)12-7/h2-4H,1H3. The van der Waals surface area contributed by atoms with E-state index in [9.17, 15) is 0 Å². The lowest BCUT2D eigenvalue weighted by Gasteiger charge is -2.00. The Morgan fingerprint density at radius 2 is 1.85 bits per heavy atom. The smallest absolute Gasteiger partial charge is 0.105 e. The number of hydrogen-bond acceptors (Lipinski definition) is 2. The van der Waals surface area contributed by atoms with Crippen LogP contribution in [0.3, 0.4) is 0 Å². The van der Waals surface area contributed by atoms with E-state index in [2.05, 4.69) is 68.1 Å². The number of pyridine rings is 2. The molecule has 0 fully saturated rings. The quantitative estimate of drug-likeness (QED) is 0.506. The molecule has 2 heterocycles. The number of rotatable bonds is 0. The normalized spacial score (nSPS) is 10.7. The summed E-state index contributed by atoms with van der Waals surface area (Å²) in [6.07, 6.45) is 0. The lowest BCUT2D eigenvalue weighted by Crippen LogP contribution is -1.91. The lowest BCUT2D eigenvalue weighted by atomic mass is 10.2. The Hall–Kier alpha value is 0.0200. The lowest BCUT2D eigenvalue weighted by molar-refractivity contribution is 1.23. The SMILES string of the molecule is Cc1cc2nc(I)ccc2nc1I. The molecule has 2 rings (SSSR count). The molecule has 2 aromatic rings. The molecule has 0 aliphatic heterocycles. The summed E-state index contributed by atoms with van der Waals surface area (Å²) in [5.74, 6) is 0. The maximum Gasteiger partial charge on any atom is 0.105 e. The Labute approximate surface area is 103 Å². The Morgan fingerprint density at radius 3 is 2.62 bits per heavy atom. The Balaban J connectivity index is 2.81. The molecule has 0 radical (unpaired) electrons. The highest BCUT2D eigenvalue weighted by atomic mass is 127. The van der Waals surface area contributed by atoms with E-state index in [1.54, 1.807) is 0 Å². The monoisotopic (exact) mass is 396 g/mol. The second-order valence-corrected chi connectivity index (χ2v) is 4.90. The van der Waals surface area contributed by atoms with Crippen LogP contribution in [0, 0.1) is 14.3 Å². The number of fused-ring (bicyclic) bond motifs is 1. The maximum absolute atomic E-state index is 4.44. The molecule has 13 heavy (non-hydrogen) atoms. The molecule has 0 atom stereocenters. The first-order valence-electron chi connectivity index (χ1n) is 3.76. The summed E-state index contributed by atoms with van der Waals surface area (Å²) in [7, 11) is 0. The van der Waals surface area contributed by atoms with E-state index in [1.807, 2.05) is 12.1 Å². The molecule has 0 spiro atoms. The van der Waals surface area contributed by atoms with Crippen LogP contribution in [0.15, 0.2) is 18.2 Å². The van der Waals surface area contributed by atoms with Crippen LogP contribution in [0.4, 0.5) is 0 Å². The van der Waals surface area contributed by atoms with Gasteiger partial charge in [-0.25, -0.2) is 9.97 Å². The Morgan fingerprint density at radius 1 is 1.08 bits per heavy atom. The molecule has 66 valence electrons. The highest BCUT2D eigenvalue weighted by Crippen LogP contribution is 2.16. The van der Waals surface area contributed by atoms with Gasteiger partial charge in [-0.1, -0.05) is 0 Å². The average molecular weight is 396 g/mol. The number of aromatic nitrogens is 2. The van der Waals surface area contributed by atoms with Gasteiger partial charge in [-0.05, 0) is 75.9 Å². The van der Waals surface area contributed by atoms with Crippen molar-refractivity contribution < 1.29 is 0 Å². The first-order valence-corrected chi connectivity index (χ1v) is 5.92. The predicted octanol–water partition coefficient (Wildman–Crippen LogP) is 3.15. The van der Waals surface area contributed by atoms with Crippen LogP contribution in [0.1, 0.15) is 5.56 Å². The minimum atomic E-state index is 0.968. The fourth-order valence-corrected chi connectivity index (χ4v) is 1.96. The first-order chi connectivity index (χ1) is 6.16. The molecule has 0 aromatic carbocycles. The topological polar surface area (TPSA) is 25.8 Å². The van der Waals surface area contributed by atoms with Crippen molar-refractivity contribution >= 4 is 56.2 Å². The summed E-state index contributed by atoms with van der Waals surface area (Å²) in [6, 6.07) is 6.05. The number of aryl methyl sites for hydroxylation is 1. The average Bonchev–Trinajstić information content (AvgIpc) is 2.08. The van der Waals surface area contributed by atoms with Crippen molar-refractivity contribution in [2.24, 2.45) is 0 Å². The zero-order valence-corrected chi connectivity index (χ0v) is 11.2. The summed E-state index contributed by atoms with van der Waals surface area (Å²) in [5, 5.41) is 0. The third-order valence-corrected chi connectivity index (χ3v) is 3.46. The Bertz CT molecular complexity index is 468. The predicted molar refractivity (Wildman–Crippen MR) is 69.7 cm³/mol. The van der Waals surface area contributed by atoms with Crippen LogP contribution in [0.25, 0.3) is 11.0 Å². The van der Waals surface area contributed by atoms with Gasteiger partial charge in [-0.15, -0.1) is 0 Å². The van der Waals surface area contributed by atoms with Crippen LogP contribution < -0.4 is 0 Å². The zero-order valence-electron chi connectivity index (χ0n) is 6.88. The summed E-state index contributed by atoms with van der Waals surface area (Å²) in [5.41, 5.74) is 3.13. The molecule has 0 amide bonds. The highest BCUT2D eigenvalue weighted by Gasteiger charge is 2.01. The summed E-state index contributed by atoms with van der Waals surface area (Å²) < 4.78 is 2.06. The molecule has 0 bridgehead atoms. The van der Waals surface area contributed by atoms with E-state index < -0.39 is 0 Å². The van der Waals surface area contributed by atoms with Crippen molar-refractivity contribution in [3.05, 3.63) is 31.2 Å². The van der Waals surface area contributed by atoms with Crippen molar-refractivity contribution in [3.63, 3.8) is 0 Å². The number of hydrogen-bond donors (Lipinski definition) is 0. The fraction of sp³-hybridized carbons (Fsp3) is 0.111. The minimum absolute atomic E-state index is 0.968. The van der Waals surface area contributed by atoms with Crippen LogP contribution in [0.2, 0.25) is 0 Å². The van der Waals surface area contributed by atoms with E-state index in [1.165, 1.54) is 5.56 Å². The van der Waals surface area contributed by atoms with Gasteiger partial charge in [0, 0.05) is 0 Å². The van der Waals surface area contributed by atoms with Gasteiger partial charge < -0.3 is 0 Å². The van der Waals surface area contributed by atoms with Crippen LogP contribution >= 0.6 is 45.2 Å². The summed E-state index contributed by atoms with van der Waals surface area (Å²) in [6.45, 7) is 2.05. The number of nitrogens with zero attached hydrogens (tertiary/aromatic N) is 2. The van der Waals surface area contributed by atoms with Crippen molar-refractivity contribution in [1.82, 2.24) is 9.97 Å². The van der Waals surface area contributed by atoms with Crippen LogP contribution in [-0.2, 0) is 0 Å². The van der Waals surface area contributed by atoms with Crippen molar-refractivity contribution in [1.29, 1.82) is 0 Å². The molecule has 0 saturated carbocycles. The minimum Gasteiger partial charge on any atom is -0.240 e. The molecule has 0 aliphatic rings. The third-order valence-electron chi connectivity index (χ3n) is 1.77. The largest absolute Gasteiger partial charge is 0.240 e. The highest BCUT2D eigenvalue weighted by molar-refractivity contribution is 14.1. The maximum atomic E-state index is 4.44. The van der Waals surface area contributed by atoms with E-state index in [4.69, 9.17) is 0 Å². The van der Waals surface area contributed by atoms with E-state index in [0.717, 1.165) is 18.4 Å². The second-order valence-electron chi connectivity index (χ2n) is 2.77. The van der Waals surface area contributed by atoms with E-state index in [-0.39, 0.29) is 0 Å². The van der Waals surface area contributed by atoms with Crippen molar-refractivity contribution in [3.8, 4) is 0 Å². The van der Waals surface area contributed by atoms with E-state index in [0.29, 0.717) is 0 Å². The Kier molecular flexibility index (Phi) is 2.68. The molecule has 0 N–H and O–H groups in total. The summed E-state index contributed by atoms with van der Waals surface area (Å²) >= 11 is 4.45. The van der Waals surface area contributed by atoms with Crippen molar-refractivity contribution in [2.75, 3.05) is 0 Å². The van der Waals surface area contributed by atoms with Gasteiger partial charge in [0.15, 0.2) is 0 Å². The fourth-order valence-electron chi connectivity index (χ4n) is 1.10. The van der Waals surface area contributed by atoms with Crippen LogP contribution in [0.5, 0.6) is 0 Å². The van der Waals surface area contributed by atoms with Gasteiger partial charge in [0.2, 0.25) is 0 Å².